The predicted octanol–water partition coefficient (Wildman–Crippen LogP) is 4.32. The van der Waals surface area contributed by atoms with Gasteiger partial charge in [0.2, 0.25) is 11.8 Å². The molecule has 118 valence electrons. The van der Waals surface area contributed by atoms with E-state index in [1.807, 2.05) is 24.3 Å². The van der Waals surface area contributed by atoms with Gasteiger partial charge in [-0.25, -0.2) is 0 Å². The molecule has 2 N–H and O–H groups in total. The van der Waals surface area contributed by atoms with Gasteiger partial charge in [0.1, 0.15) is 0 Å². The highest BCUT2D eigenvalue weighted by atomic mass is 79.9. The maximum absolute atomic E-state index is 12.2. The molecule has 1 fully saturated rings. The largest absolute Gasteiger partial charge is 0.326 e. The normalized spacial score (nSPS) is 19.0. The van der Waals surface area contributed by atoms with Gasteiger partial charge in [0.05, 0.1) is 11.8 Å². The van der Waals surface area contributed by atoms with Gasteiger partial charge in [-0.1, -0.05) is 39.7 Å². The van der Waals surface area contributed by atoms with E-state index in [1.54, 1.807) is 24.3 Å². The molecule has 0 radical (unpaired) electrons. The number of carbonyl (C=O) groups is 2. The fourth-order valence-electron chi connectivity index (χ4n) is 2.38. The molecule has 0 spiro atoms. The lowest BCUT2D eigenvalue weighted by Gasteiger charge is -2.06. The van der Waals surface area contributed by atoms with Crippen LogP contribution in [-0.2, 0) is 9.59 Å². The highest BCUT2D eigenvalue weighted by molar-refractivity contribution is 9.10. The summed E-state index contributed by atoms with van der Waals surface area (Å²) in [6, 6.07) is 14.3. The molecule has 0 saturated heterocycles. The summed E-state index contributed by atoms with van der Waals surface area (Å²) >= 11 is 9.24. The van der Waals surface area contributed by atoms with Crippen molar-refractivity contribution in [3.8, 4) is 0 Å². The zero-order chi connectivity index (χ0) is 16.4. The smallest absolute Gasteiger partial charge is 0.228 e. The Morgan fingerprint density at radius 2 is 1.52 bits per heavy atom. The topological polar surface area (TPSA) is 58.2 Å². The minimum absolute atomic E-state index is 0.130. The molecule has 4 nitrogen and oxygen atoms in total. The third-order valence-electron chi connectivity index (χ3n) is 3.65. The van der Waals surface area contributed by atoms with Crippen LogP contribution in [0.3, 0.4) is 0 Å². The van der Waals surface area contributed by atoms with E-state index in [1.165, 1.54) is 0 Å². The third kappa shape index (κ3) is 4.12. The number of carbonyl (C=O) groups excluding carboxylic acids is 2. The lowest BCUT2D eigenvalue weighted by atomic mass is 10.2. The van der Waals surface area contributed by atoms with Crippen LogP contribution < -0.4 is 10.6 Å². The van der Waals surface area contributed by atoms with E-state index in [9.17, 15) is 9.59 Å². The molecule has 23 heavy (non-hydrogen) atoms. The summed E-state index contributed by atoms with van der Waals surface area (Å²) < 4.78 is 0.890. The average Bonchev–Trinajstić information content (AvgIpc) is 3.28. The summed E-state index contributed by atoms with van der Waals surface area (Å²) in [6.45, 7) is 0. The summed E-state index contributed by atoms with van der Waals surface area (Å²) in [5.41, 5.74) is 1.35. The van der Waals surface area contributed by atoms with Crippen LogP contribution in [0.25, 0.3) is 0 Å². The molecule has 2 aromatic rings. The maximum atomic E-state index is 12.2. The summed E-state index contributed by atoms with van der Waals surface area (Å²) in [7, 11) is 0. The van der Waals surface area contributed by atoms with E-state index in [2.05, 4.69) is 26.6 Å². The summed E-state index contributed by atoms with van der Waals surface area (Å²) in [5.74, 6) is -0.856. The van der Waals surface area contributed by atoms with Crippen molar-refractivity contribution in [2.45, 2.75) is 6.42 Å². The fraction of sp³-hybridized carbons (Fsp3) is 0.176. The van der Waals surface area contributed by atoms with Crippen molar-refractivity contribution in [2.75, 3.05) is 10.6 Å². The maximum Gasteiger partial charge on any atom is 0.228 e. The van der Waals surface area contributed by atoms with Crippen molar-refractivity contribution in [3.05, 3.63) is 58.0 Å². The Hall–Kier alpha value is -1.85. The van der Waals surface area contributed by atoms with Crippen molar-refractivity contribution in [1.29, 1.82) is 0 Å². The van der Waals surface area contributed by atoms with E-state index >= 15 is 0 Å². The van der Waals surface area contributed by atoms with Crippen molar-refractivity contribution >= 4 is 50.7 Å². The van der Waals surface area contributed by atoms with Crippen LogP contribution >= 0.6 is 27.5 Å². The molecular formula is C17H14BrClN2O2. The molecule has 6 heteroatoms. The van der Waals surface area contributed by atoms with Gasteiger partial charge in [-0.3, -0.25) is 9.59 Å². The van der Waals surface area contributed by atoms with E-state index in [0.29, 0.717) is 22.8 Å². The first-order valence-corrected chi connectivity index (χ1v) is 8.33. The molecule has 3 rings (SSSR count). The molecular weight excluding hydrogens is 380 g/mol. The van der Waals surface area contributed by atoms with Crippen LogP contribution in [0, 0.1) is 11.8 Å². The molecule has 1 aliphatic carbocycles. The van der Waals surface area contributed by atoms with Gasteiger partial charge < -0.3 is 10.6 Å². The van der Waals surface area contributed by atoms with Crippen molar-refractivity contribution in [2.24, 2.45) is 11.8 Å². The molecule has 0 aromatic heterocycles. The van der Waals surface area contributed by atoms with Gasteiger partial charge in [0.25, 0.3) is 0 Å². The van der Waals surface area contributed by atoms with Gasteiger partial charge in [0.15, 0.2) is 0 Å². The Labute approximate surface area is 147 Å². The van der Waals surface area contributed by atoms with E-state index < -0.39 is 0 Å². The second-order valence-corrected chi connectivity index (χ2v) is 6.80. The standard InChI is InChI=1S/C17H14BrClN2O2/c18-10-3-1-5-12(7-10)20-16(22)14-9-15(14)17(23)21-13-6-2-4-11(19)8-13/h1-8,14-15H,9H2,(H,20,22)(H,21,23). The number of hydrogen-bond donors (Lipinski definition) is 2. The second-order valence-electron chi connectivity index (χ2n) is 5.45. The number of rotatable bonds is 4. The van der Waals surface area contributed by atoms with Gasteiger partial charge in [-0.15, -0.1) is 0 Å². The lowest BCUT2D eigenvalue weighted by molar-refractivity contribution is -0.122. The van der Waals surface area contributed by atoms with Gasteiger partial charge >= 0.3 is 0 Å². The first-order chi connectivity index (χ1) is 11.0. The minimum atomic E-state index is -0.291. The highest BCUT2D eigenvalue weighted by Crippen LogP contribution is 2.40. The van der Waals surface area contributed by atoms with E-state index in [4.69, 9.17) is 11.6 Å². The molecule has 2 atom stereocenters. The van der Waals surface area contributed by atoms with Gasteiger partial charge in [0, 0.05) is 20.9 Å². The van der Waals surface area contributed by atoms with Crippen LogP contribution in [-0.4, -0.2) is 11.8 Å². The summed E-state index contributed by atoms with van der Waals surface area (Å²) in [4.78, 5) is 24.3. The third-order valence-corrected chi connectivity index (χ3v) is 4.38. The Balaban J connectivity index is 1.56. The Bertz CT molecular complexity index is 702. The monoisotopic (exact) mass is 392 g/mol. The zero-order valence-electron chi connectivity index (χ0n) is 12.1. The molecule has 0 heterocycles. The first kappa shape index (κ1) is 16.0. The number of benzene rings is 2. The number of amides is 2. The Morgan fingerprint density at radius 1 is 0.957 bits per heavy atom. The molecule has 2 aromatic carbocycles. The van der Waals surface area contributed by atoms with Crippen LogP contribution in [0.2, 0.25) is 5.02 Å². The molecule has 2 unspecified atom stereocenters. The average molecular weight is 394 g/mol. The molecule has 2 amide bonds. The van der Waals surface area contributed by atoms with E-state index in [0.717, 1.165) is 4.47 Å². The molecule has 0 bridgehead atoms. The quantitative estimate of drug-likeness (QED) is 0.813. The highest BCUT2D eigenvalue weighted by Gasteiger charge is 2.48. The van der Waals surface area contributed by atoms with Crippen LogP contribution in [0.5, 0.6) is 0 Å². The molecule has 1 saturated carbocycles. The van der Waals surface area contributed by atoms with E-state index in [-0.39, 0.29) is 23.7 Å². The van der Waals surface area contributed by atoms with Gasteiger partial charge in [-0.2, -0.15) is 0 Å². The lowest BCUT2D eigenvalue weighted by Crippen LogP contribution is -2.20. The Morgan fingerprint density at radius 3 is 2.09 bits per heavy atom. The summed E-state index contributed by atoms with van der Waals surface area (Å²) in [5, 5.41) is 6.18. The first-order valence-electron chi connectivity index (χ1n) is 7.16. The predicted molar refractivity (Wildman–Crippen MR) is 94.5 cm³/mol. The number of anilines is 2. The zero-order valence-corrected chi connectivity index (χ0v) is 14.4. The Kier molecular flexibility index (Phi) is 4.68. The number of nitrogens with one attached hydrogen (secondary N) is 2. The van der Waals surface area contributed by atoms with Crippen LogP contribution in [0.4, 0.5) is 11.4 Å². The van der Waals surface area contributed by atoms with Crippen molar-refractivity contribution < 1.29 is 9.59 Å². The molecule has 0 aliphatic heterocycles. The van der Waals surface area contributed by atoms with Crippen LogP contribution in [0.15, 0.2) is 53.0 Å². The fourth-order valence-corrected chi connectivity index (χ4v) is 2.97. The summed E-state index contributed by atoms with van der Waals surface area (Å²) in [6.07, 6.45) is 0.562. The number of halogens is 2. The van der Waals surface area contributed by atoms with Crippen molar-refractivity contribution in [1.82, 2.24) is 0 Å². The second kappa shape index (κ2) is 6.72. The minimum Gasteiger partial charge on any atom is -0.326 e. The molecule has 1 aliphatic rings. The SMILES string of the molecule is O=C(Nc1cccc(Cl)c1)C1CC1C(=O)Nc1cccc(Br)c1. The van der Waals surface area contributed by atoms with Crippen molar-refractivity contribution in [3.63, 3.8) is 0 Å². The van der Waals surface area contributed by atoms with Crippen LogP contribution in [0.1, 0.15) is 6.42 Å². The number of hydrogen-bond acceptors (Lipinski definition) is 2. The van der Waals surface area contributed by atoms with Gasteiger partial charge in [-0.05, 0) is 42.8 Å².